The van der Waals surface area contributed by atoms with E-state index < -0.39 is 0 Å². The van der Waals surface area contributed by atoms with Crippen LogP contribution in [-0.4, -0.2) is 34.0 Å². The normalized spacial score (nSPS) is 14.7. The highest BCUT2D eigenvalue weighted by Gasteiger charge is 2.25. The van der Waals surface area contributed by atoms with Crippen LogP contribution in [0.3, 0.4) is 0 Å². The van der Waals surface area contributed by atoms with Crippen molar-refractivity contribution in [1.82, 2.24) is 15.0 Å². The van der Waals surface area contributed by atoms with Gasteiger partial charge >= 0.3 is 0 Å². The standard InChI is InChI=1S/C25H29N3O2S/c1-18-7-9-20(10-8-18)11-12-21-13-15-28(16-14-21)25(29)22-5-3-4-6-23(22)31-17-24-26-19(2)27-30-24/h3-10,21H,11-17H2,1-2H3. The first-order valence-electron chi connectivity index (χ1n) is 10.9. The third-order valence-corrected chi connectivity index (χ3v) is 6.96. The lowest BCUT2D eigenvalue weighted by atomic mass is 9.90. The fourth-order valence-corrected chi connectivity index (χ4v) is 4.91. The number of aromatic nitrogens is 2. The Balaban J connectivity index is 1.30. The number of benzene rings is 2. The van der Waals surface area contributed by atoms with E-state index in [2.05, 4.69) is 41.3 Å². The molecule has 1 saturated heterocycles. The summed E-state index contributed by atoms with van der Waals surface area (Å²) in [5.74, 6) is 2.59. The highest BCUT2D eigenvalue weighted by atomic mass is 32.2. The first-order chi connectivity index (χ1) is 15.1. The van der Waals surface area contributed by atoms with Crippen LogP contribution in [0.5, 0.6) is 0 Å². The molecule has 0 radical (unpaired) electrons. The van der Waals surface area contributed by atoms with Crippen molar-refractivity contribution in [1.29, 1.82) is 0 Å². The summed E-state index contributed by atoms with van der Waals surface area (Å²) in [5, 5.41) is 3.83. The second kappa shape index (κ2) is 10.1. The van der Waals surface area contributed by atoms with Crippen molar-refractivity contribution in [2.24, 2.45) is 5.92 Å². The van der Waals surface area contributed by atoms with Crippen molar-refractivity contribution in [3.05, 3.63) is 76.9 Å². The van der Waals surface area contributed by atoms with Crippen LogP contribution < -0.4 is 0 Å². The minimum absolute atomic E-state index is 0.127. The number of hydrogen-bond donors (Lipinski definition) is 0. The molecular formula is C25H29N3O2S. The monoisotopic (exact) mass is 435 g/mol. The molecule has 0 spiro atoms. The molecule has 1 aromatic heterocycles. The van der Waals surface area contributed by atoms with Crippen LogP contribution in [-0.2, 0) is 12.2 Å². The van der Waals surface area contributed by atoms with Gasteiger partial charge in [-0.05, 0) is 63.1 Å². The molecule has 2 aromatic carbocycles. The molecule has 1 aliphatic heterocycles. The van der Waals surface area contributed by atoms with Gasteiger partial charge in [-0.15, -0.1) is 11.8 Å². The Morgan fingerprint density at radius 1 is 1.10 bits per heavy atom. The molecule has 4 rings (SSSR count). The third-order valence-electron chi connectivity index (χ3n) is 5.90. The zero-order valence-electron chi connectivity index (χ0n) is 18.2. The molecule has 0 unspecified atom stereocenters. The molecule has 1 amide bonds. The smallest absolute Gasteiger partial charge is 0.254 e. The Bertz CT molecular complexity index is 1010. The van der Waals surface area contributed by atoms with Crippen LogP contribution in [0.1, 0.15) is 52.5 Å². The summed E-state index contributed by atoms with van der Waals surface area (Å²) in [7, 11) is 0. The van der Waals surface area contributed by atoms with Gasteiger partial charge in [0, 0.05) is 18.0 Å². The predicted octanol–water partition coefficient (Wildman–Crippen LogP) is 5.46. The van der Waals surface area contributed by atoms with Crippen molar-refractivity contribution < 1.29 is 9.32 Å². The summed E-state index contributed by atoms with van der Waals surface area (Å²) in [5.41, 5.74) is 3.48. The van der Waals surface area contributed by atoms with Crippen molar-refractivity contribution in [3.63, 3.8) is 0 Å². The molecule has 6 heteroatoms. The van der Waals surface area contributed by atoms with E-state index in [9.17, 15) is 4.79 Å². The van der Waals surface area contributed by atoms with Crippen molar-refractivity contribution in [2.75, 3.05) is 13.1 Å². The number of hydrogen-bond acceptors (Lipinski definition) is 5. The van der Waals surface area contributed by atoms with E-state index in [-0.39, 0.29) is 5.91 Å². The molecule has 162 valence electrons. The van der Waals surface area contributed by atoms with Gasteiger partial charge in [0.25, 0.3) is 5.91 Å². The first kappa shape index (κ1) is 21.6. The second-order valence-electron chi connectivity index (χ2n) is 8.28. The van der Waals surface area contributed by atoms with Gasteiger partial charge in [-0.2, -0.15) is 4.98 Å². The molecule has 0 atom stereocenters. The number of rotatable bonds is 7. The van der Waals surface area contributed by atoms with E-state index in [1.807, 2.05) is 29.2 Å². The minimum atomic E-state index is 0.127. The average molecular weight is 436 g/mol. The number of likely N-dealkylation sites (tertiary alicyclic amines) is 1. The van der Waals surface area contributed by atoms with Gasteiger partial charge in [-0.25, -0.2) is 0 Å². The highest BCUT2D eigenvalue weighted by Crippen LogP contribution is 2.29. The SMILES string of the molecule is Cc1ccc(CCC2CCN(C(=O)c3ccccc3SCc3nc(C)no3)CC2)cc1. The number of nitrogens with zero attached hydrogens (tertiary/aromatic N) is 3. The summed E-state index contributed by atoms with van der Waals surface area (Å²) < 4.78 is 5.20. The average Bonchev–Trinajstić information content (AvgIpc) is 3.22. The van der Waals surface area contributed by atoms with E-state index >= 15 is 0 Å². The summed E-state index contributed by atoms with van der Waals surface area (Å²) in [6.07, 6.45) is 4.47. The van der Waals surface area contributed by atoms with Crippen molar-refractivity contribution in [2.45, 2.75) is 50.2 Å². The number of carbonyl (C=O) groups excluding carboxylic acids is 1. The largest absolute Gasteiger partial charge is 0.339 e. The first-order valence-corrected chi connectivity index (χ1v) is 11.9. The number of piperidine rings is 1. The van der Waals surface area contributed by atoms with Crippen molar-refractivity contribution >= 4 is 17.7 Å². The van der Waals surface area contributed by atoms with Gasteiger partial charge in [0.15, 0.2) is 5.82 Å². The zero-order valence-corrected chi connectivity index (χ0v) is 19.0. The van der Waals surface area contributed by atoms with Gasteiger partial charge < -0.3 is 9.42 Å². The summed E-state index contributed by atoms with van der Waals surface area (Å²) in [6.45, 7) is 5.59. The molecule has 3 aromatic rings. The van der Waals surface area contributed by atoms with E-state index in [1.54, 1.807) is 18.7 Å². The topological polar surface area (TPSA) is 59.2 Å². The molecule has 1 aliphatic rings. The highest BCUT2D eigenvalue weighted by molar-refractivity contribution is 7.98. The maximum atomic E-state index is 13.2. The lowest BCUT2D eigenvalue weighted by Crippen LogP contribution is -2.38. The lowest BCUT2D eigenvalue weighted by Gasteiger charge is -2.32. The quantitative estimate of drug-likeness (QED) is 0.461. The molecule has 2 heterocycles. The van der Waals surface area contributed by atoms with Crippen LogP contribution in [0.4, 0.5) is 0 Å². The Labute approximate surface area is 188 Å². The Kier molecular flexibility index (Phi) is 7.07. The van der Waals surface area contributed by atoms with Crippen LogP contribution in [0.15, 0.2) is 57.9 Å². The zero-order chi connectivity index (χ0) is 21.6. The van der Waals surface area contributed by atoms with E-state index in [4.69, 9.17) is 4.52 Å². The Morgan fingerprint density at radius 3 is 2.55 bits per heavy atom. The fraction of sp³-hybridized carbons (Fsp3) is 0.400. The lowest BCUT2D eigenvalue weighted by molar-refractivity contribution is 0.0683. The van der Waals surface area contributed by atoms with Gasteiger partial charge in [0.2, 0.25) is 5.89 Å². The summed E-state index contributed by atoms with van der Waals surface area (Å²) in [6, 6.07) is 16.7. The number of thioether (sulfide) groups is 1. The predicted molar refractivity (Wildman–Crippen MR) is 123 cm³/mol. The summed E-state index contributed by atoms with van der Waals surface area (Å²) >= 11 is 1.57. The van der Waals surface area contributed by atoms with Crippen LogP contribution >= 0.6 is 11.8 Å². The van der Waals surface area contributed by atoms with Gasteiger partial charge in [0.1, 0.15) is 0 Å². The molecule has 0 N–H and O–H groups in total. The van der Waals surface area contributed by atoms with Crippen LogP contribution in [0.25, 0.3) is 0 Å². The maximum absolute atomic E-state index is 13.2. The fourth-order valence-electron chi connectivity index (χ4n) is 4.03. The number of carbonyl (C=O) groups is 1. The Morgan fingerprint density at radius 2 is 1.84 bits per heavy atom. The Hall–Kier alpha value is -2.60. The second-order valence-corrected chi connectivity index (χ2v) is 9.30. The maximum Gasteiger partial charge on any atom is 0.254 e. The molecule has 0 saturated carbocycles. The summed E-state index contributed by atoms with van der Waals surface area (Å²) in [4.78, 5) is 20.4. The molecule has 5 nitrogen and oxygen atoms in total. The number of aryl methyl sites for hydroxylation is 3. The van der Waals surface area contributed by atoms with Crippen LogP contribution in [0.2, 0.25) is 0 Å². The molecule has 31 heavy (non-hydrogen) atoms. The van der Waals surface area contributed by atoms with Gasteiger partial charge in [-0.1, -0.05) is 47.1 Å². The van der Waals surface area contributed by atoms with E-state index in [1.165, 1.54) is 17.5 Å². The third kappa shape index (κ3) is 5.76. The molecule has 0 bridgehead atoms. The van der Waals surface area contributed by atoms with Gasteiger partial charge in [-0.3, -0.25) is 4.79 Å². The number of amides is 1. The molecular weight excluding hydrogens is 406 g/mol. The molecule has 0 aliphatic carbocycles. The van der Waals surface area contributed by atoms with Crippen LogP contribution in [0, 0.1) is 19.8 Å². The van der Waals surface area contributed by atoms with Gasteiger partial charge in [0.05, 0.1) is 11.3 Å². The minimum Gasteiger partial charge on any atom is -0.339 e. The van der Waals surface area contributed by atoms with Crippen molar-refractivity contribution in [3.8, 4) is 0 Å². The van der Waals surface area contributed by atoms with E-state index in [0.717, 1.165) is 42.8 Å². The van der Waals surface area contributed by atoms with E-state index in [0.29, 0.717) is 23.4 Å². The molecule has 1 fully saturated rings.